The Balaban J connectivity index is 1.73. The highest BCUT2D eigenvalue weighted by Gasteiger charge is 2.28. The summed E-state index contributed by atoms with van der Waals surface area (Å²) in [5.41, 5.74) is 1.22. The molecular formula is C15H18N6OS. The first-order valence-electron chi connectivity index (χ1n) is 7.56. The number of morpholine rings is 1. The summed E-state index contributed by atoms with van der Waals surface area (Å²) in [4.78, 5) is 12.6. The molecule has 8 heteroatoms. The van der Waals surface area contributed by atoms with E-state index in [4.69, 9.17) is 9.72 Å². The lowest BCUT2D eigenvalue weighted by molar-refractivity contribution is 0.0319. The number of aryl methyl sites for hydroxylation is 3. The Morgan fingerprint density at radius 2 is 2.17 bits per heavy atom. The van der Waals surface area contributed by atoms with Crippen LogP contribution in [0.25, 0.3) is 10.2 Å². The van der Waals surface area contributed by atoms with E-state index >= 15 is 0 Å². The molecule has 1 aliphatic rings. The predicted octanol–water partition coefficient (Wildman–Crippen LogP) is 2.01. The summed E-state index contributed by atoms with van der Waals surface area (Å²) in [5.74, 6) is 2.65. The number of aromatic nitrogens is 5. The summed E-state index contributed by atoms with van der Waals surface area (Å²) in [6.45, 7) is 6.23. The highest BCUT2D eigenvalue weighted by Crippen LogP contribution is 2.33. The van der Waals surface area contributed by atoms with Gasteiger partial charge < -0.3 is 14.2 Å². The summed E-state index contributed by atoms with van der Waals surface area (Å²) in [6, 6.07) is 0. The molecule has 3 aromatic heterocycles. The van der Waals surface area contributed by atoms with E-state index in [0.29, 0.717) is 13.2 Å². The highest BCUT2D eigenvalue weighted by atomic mass is 32.1. The maximum absolute atomic E-state index is 5.90. The molecule has 0 aromatic carbocycles. The van der Waals surface area contributed by atoms with Crippen molar-refractivity contribution in [2.24, 2.45) is 7.05 Å². The normalized spacial score (nSPS) is 18.7. The van der Waals surface area contributed by atoms with E-state index in [-0.39, 0.29) is 6.10 Å². The lowest BCUT2D eigenvalue weighted by atomic mass is 10.2. The van der Waals surface area contributed by atoms with Crippen LogP contribution >= 0.6 is 11.3 Å². The first-order valence-corrected chi connectivity index (χ1v) is 8.44. The average Bonchev–Trinajstić information content (AvgIpc) is 3.13. The van der Waals surface area contributed by atoms with Gasteiger partial charge in [0.2, 0.25) is 0 Å². The van der Waals surface area contributed by atoms with Gasteiger partial charge in [-0.2, -0.15) is 0 Å². The molecule has 120 valence electrons. The third-order valence-electron chi connectivity index (χ3n) is 4.11. The summed E-state index contributed by atoms with van der Waals surface area (Å²) in [6.07, 6.45) is 1.61. The van der Waals surface area contributed by atoms with Crippen LogP contribution in [0.3, 0.4) is 0 Å². The minimum Gasteiger partial charge on any atom is -0.366 e. The topological polar surface area (TPSA) is 69.0 Å². The van der Waals surface area contributed by atoms with Crippen molar-refractivity contribution in [2.45, 2.75) is 20.0 Å². The number of fused-ring (bicyclic) bond motifs is 1. The van der Waals surface area contributed by atoms with Crippen LogP contribution in [0, 0.1) is 13.8 Å². The smallest absolute Gasteiger partial charge is 0.163 e. The molecule has 3 aromatic rings. The van der Waals surface area contributed by atoms with E-state index in [9.17, 15) is 0 Å². The zero-order chi connectivity index (χ0) is 16.0. The third-order valence-corrected chi connectivity index (χ3v) is 5.10. The van der Waals surface area contributed by atoms with Crippen molar-refractivity contribution in [3.63, 3.8) is 0 Å². The van der Waals surface area contributed by atoms with Gasteiger partial charge in [-0.25, -0.2) is 9.97 Å². The lowest BCUT2D eigenvalue weighted by Gasteiger charge is -2.33. The number of ether oxygens (including phenoxy) is 1. The monoisotopic (exact) mass is 330 g/mol. The van der Waals surface area contributed by atoms with E-state index in [0.717, 1.165) is 34.2 Å². The van der Waals surface area contributed by atoms with Crippen molar-refractivity contribution in [3.05, 3.63) is 28.9 Å². The molecule has 0 aliphatic carbocycles. The molecule has 0 spiro atoms. The number of thiophene rings is 1. The van der Waals surface area contributed by atoms with Gasteiger partial charge in [0.05, 0.1) is 18.5 Å². The number of nitrogens with zero attached hydrogens (tertiary/aromatic N) is 6. The van der Waals surface area contributed by atoms with Crippen molar-refractivity contribution in [1.29, 1.82) is 0 Å². The Labute approximate surface area is 137 Å². The molecule has 0 N–H and O–H groups in total. The van der Waals surface area contributed by atoms with Crippen molar-refractivity contribution >= 4 is 27.4 Å². The molecule has 0 amide bonds. The maximum Gasteiger partial charge on any atom is 0.163 e. The van der Waals surface area contributed by atoms with Crippen LogP contribution in [0.15, 0.2) is 11.7 Å². The van der Waals surface area contributed by atoms with Crippen molar-refractivity contribution in [1.82, 2.24) is 24.7 Å². The van der Waals surface area contributed by atoms with E-state index in [1.807, 2.05) is 18.5 Å². The number of anilines is 1. The van der Waals surface area contributed by atoms with E-state index in [1.165, 1.54) is 5.56 Å². The summed E-state index contributed by atoms with van der Waals surface area (Å²) in [7, 11) is 1.94. The molecule has 0 radical (unpaired) electrons. The average molecular weight is 330 g/mol. The van der Waals surface area contributed by atoms with Crippen LogP contribution in [0.2, 0.25) is 0 Å². The van der Waals surface area contributed by atoms with E-state index < -0.39 is 0 Å². The fraction of sp³-hybridized carbons (Fsp3) is 0.467. The predicted molar refractivity (Wildman–Crippen MR) is 88.8 cm³/mol. The van der Waals surface area contributed by atoms with Gasteiger partial charge in [0.15, 0.2) is 5.82 Å². The first-order chi connectivity index (χ1) is 11.1. The van der Waals surface area contributed by atoms with Gasteiger partial charge in [-0.05, 0) is 24.8 Å². The van der Waals surface area contributed by atoms with Gasteiger partial charge >= 0.3 is 0 Å². The second-order valence-electron chi connectivity index (χ2n) is 5.80. The molecule has 4 rings (SSSR count). The van der Waals surface area contributed by atoms with Gasteiger partial charge in [-0.3, -0.25) is 0 Å². The standard InChI is InChI=1S/C15H18N6OS/c1-9-7-23-15-12(9)14(17-10(2)18-15)21-4-5-22-11(6-21)13-19-16-8-20(13)3/h7-8,11H,4-6H2,1-3H3/t11-/m1/s1. The zero-order valence-corrected chi connectivity index (χ0v) is 14.2. The lowest BCUT2D eigenvalue weighted by Crippen LogP contribution is -2.40. The molecule has 1 saturated heterocycles. The minimum absolute atomic E-state index is 0.0967. The molecule has 0 unspecified atom stereocenters. The number of hydrogen-bond donors (Lipinski definition) is 0. The summed E-state index contributed by atoms with van der Waals surface area (Å²) < 4.78 is 7.81. The quantitative estimate of drug-likeness (QED) is 0.716. The molecule has 4 heterocycles. The Hall–Kier alpha value is -2.06. The van der Waals surface area contributed by atoms with Gasteiger partial charge in [-0.15, -0.1) is 21.5 Å². The third kappa shape index (κ3) is 2.47. The fourth-order valence-electron chi connectivity index (χ4n) is 2.98. The van der Waals surface area contributed by atoms with Gasteiger partial charge in [0.25, 0.3) is 0 Å². The summed E-state index contributed by atoms with van der Waals surface area (Å²) in [5, 5.41) is 11.4. The van der Waals surface area contributed by atoms with Crippen LogP contribution in [0.4, 0.5) is 5.82 Å². The van der Waals surface area contributed by atoms with Crippen molar-refractivity contribution < 1.29 is 4.74 Å². The van der Waals surface area contributed by atoms with Crippen molar-refractivity contribution in [3.8, 4) is 0 Å². The van der Waals surface area contributed by atoms with Crippen LogP contribution in [0.1, 0.15) is 23.3 Å². The zero-order valence-electron chi connectivity index (χ0n) is 13.4. The largest absolute Gasteiger partial charge is 0.366 e. The Morgan fingerprint density at radius 3 is 2.96 bits per heavy atom. The molecular weight excluding hydrogens is 312 g/mol. The SMILES string of the molecule is Cc1nc(N2CCO[C@@H](c3nncn3C)C2)c2c(C)csc2n1. The molecule has 1 atom stereocenters. The van der Waals surface area contributed by atoms with Gasteiger partial charge in [-0.1, -0.05) is 0 Å². The summed E-state index contributed by atoms with van der Waals surface area (Å²) >= 11 is 1.67. The fourth-order valence-corrected chi connectivity index (χ4v) is 3.94. The highest BCUT2D eigenvalue weighted by molar-refractivity contribution is 7.17. The van der Waals surface area contributed by atoms with E-state index in [2.05, 4.69) is 32.4 Å². The minimum atomic E-state index is -0.0967. The Morgan fingerprint density at radius 1 is 1.30 bits per heavy atom. The van der Waals surface area contributed by atoms with Gasteiger partial charge in [0.1, 0.15) is 28.9 Å². The second kappa shape index (κ2) is 5.54. The van der Waals surface area contributed by atoms with Crippen LogP contribution < -0.4 is 4.90 Å². The van der Waals surface area contributed by atoms with Gasteiger partial charge in [0, 0.05) is 13.6 Å². The van der Waals surface area contributed by atoms with Crippen LogP contribution in [-0.4, -0.2) is 44.4 Å². The molecule has 7 nitrogen and oxygen atoms in total. The molecule has 23 heavy (non-hydrogen) atoms. The number of rotatable bonds is 2. The van der Waals surface area contributed by atoms with Crippen molar-refractivity contribution in [2.75, 3.05) is 24.6 Å². The number of hydrogen-bond acceptors (Lipinski definition) is 7. The molecule has 0 bridgehead atoms. The first kappa shape index (κ1) is 14.5. The second-order valence-corrected chi connectivity index (χ2v) is 6.66. The molecule has 0 saturated carbocycles. The van der Waals surface area contributed by atoms with E-state index in [1.54, 1.807) is 17.7 Å². The maximum atomic E-state index is 5.90. The Bertz CT molecular complexity index is 857. The molecule has 1 aliphatic heterocycles. The van der Waals surface area contributed by atoms with Crippen LogP contribution in [-0.2, 0) is 11.8 Å². The van der Waals surface area contributed by atoms with Crippen LogP contribution in [0.5, 0.6) is 0 Å². The Kier molecular flexibility index (Phi) is 3.50. The molecule has 1 fully saturated rings.